The summed E-state index contributed by atoms with van der Waals surface area (Å²) < 4.78 is 21.5. The van der Waals surface area contributed by atoms with Crippen molar-refractivity contribution >= 4 is 33.3 Å². The number of fused-ring (bicyclic) bond motifs is 3. The van der Waals surface area contributed by atoms with E-state index in [1.54, 1.807) is 11.3 Å². The van der Waals surface area contributed by atoms with E-state index in [4.69, 9.17) is 9.51 Å². The highest BCUT2D eigenvalue weighted by molar-refractivity contribution is 7.18. The number of thiazole rings is 1. The topological polar surface area (TPSA) is 85.0 Å². The van der Waals surface area contributed by atoms with E-state index in [0.717, 1.165) is 76.5 Å². The van der Waals surface area contributed by atoms with Gasteiger partial charge in [0.1, 0.15) is 5.67 Å². The zero-order chi connectivity index (χ0) is 30.5. The van der Waals surface area contributed by atoms with Gasteiger partial charge in [0.25, 0.3) is 0 Å². The van der Waals surface area contributed by atoms with Crippen LogP contribution in [0, 0.1) is 24.2 Å². The molecule has 0 saturated heterocycles. The summed E-state index contributed by atoms with van der Waals surface area (Å²) in [4.78, 5) is 30.3. The molecule has 230 valence electrons. The van der Waals surface area contributed by atoms with Gasteiger partial charge in [0.15, 0.2) is 11.5 Å². The molecule has 0 N–H and O–H groups in total. The largest absolute Gasteiger partial charge is 0.339 e. The number of anilines is 1. The monoisotopic (exact) mass is 613 g/mol. The van der Waals surface area contributed by atoms with E-state index >= 15 is 0 Å². The second-order valence-corrected chi connectivity index (χ2v) is 16.5. The van der Waals surface area contributed by atoms with Crippen molar-refractivity contribution in [1.29, 1.82) is 0 Å². The summed E-state index contributed by atoms with van der Waals surface area (Å²) in [7, 11) is 0. The zero-order valence-corrected chi connectivity index (χ0v) is 26.8. The number of hydrogen-bond donors (Lipinski definition) is 0. The van der Waals surface area contributed by atoms with Crippen LogP contribution in [0.4, 0.5) is 10.1 Å². The van der Waals surface area contributed by atoms with Crippen molar-refractivity contribution in [3.05, 3.63) is 53.3 Å². The quantitative estimate of drug-likeness (QED) is 0.218. The van der Waals surface area contributed by atoms with Gasteiger partial charge in [-0.1, -0.05) is 50.9 Å². The van der Waals surface area contributed by atoms with Crippen molar-refractivity contribution < 1.29 is 13.7 Å². The van der Waals surface area contributed by atoms with Crippen LogP contribution in [0.1, 0.15) is 95.3 Å². The molecule has 9 rings (SSSR count). The van der Waals surface area contributed by atoms with Crippen LogP contribution in [0.15, 0.2) is 41.1 Å². The molecule has 5 saturated carbocycles. The number of pyridine rings is 1. The first-order chi connectivity index (χ1) is 20.9. The maximum absolute atomic E-state index is 14.7. The van der Waals surface area contributed by atoms with Crippen LogP contribution in [0.3, 0.4) is 0 Å². The highest BCUT2D eigenvalue weighted by Crippen LogP contribution is 2.70. The SMILES string of the molecule is Cc1nc2ncc(-c3cccc(N(CC4CCC5(c6noc(C(C)(C)C)n6)CCCC4C5)C(=O)C45CC(F)(C4)C5)c3)cc2s1. The molecule has 7 nitrogen and oxygen atoms in total. The number of alkyl halides is 1. The van der Waals surface area contributed by atoms with Gasteiger partial charge in [-0.15, -0.1) is 11.3 Å². The Morgan fingerprint density at radius 1 is 1.11 bits per heavy atom. The van der Waals surface area contributed by atoms with Crippen molar-refractivity contribution in [3.8, 4) is 11.1 Å². The summed E-state index contributed by atoms with van der Waals surface area (Å²) >= 11 is 1.64. The lowest BCUT2D eigenvalue weighted by molar-refractivity contribution is -0.211. The average molecular weight is 614 g/mol. The summed E-state index contributed by atoms with van der Waals surface area (Å²) in [6.45, 7) is 8.98. The van der Waals surface area contributed by atoms with E-state index in [9.17, 15) is 9.18 Å². The molecule has 3 atom stereocenters. The molecule has 5 fully saturated rings. The van der Waals surface area contributed by atoms with Crippen molar-refractivity contribution in [2.75, 3.05) is 11.4 Å². The van der Waals surface area contributed by atoms with Crippen molar-refractivity contribution in [3.63, 3.8) is 0 Å². The molecule has 0 radical (unpaired) electrons. The van der Waals surface area contributed by atoms with Gasteiger partial charge in [0, 0.05) is 34.8 Å². The first-order valence-corrected chi connectivity index (χ1v) is 17.0. The zero-order valence-electron chi connectivity index (χ0n) is 26.0. The van der Waals surface area contributed by atoms with E-state index in [0.29, 0.717) is 43.5 Å². The Hall–Kier alpha value is -3.20. The molecule has 5 aliphatic rings. The number of aromatic nitrogens is 4. The van der Waals surface area contributed by atoms with Crippen LogP contribution < -0.4 is 4.90 Å². The Labute approximate surface area is 261 Å². The second kappa shape index (κ2) is 9.65. The van der Waals surface area contributed by atoms with Crippen molar-refractivity contribution in [2.24, 2.45) is 17.3 Å². The van der Waals surface area contributed by atoms with Crippen LogP contribution in [-0.4, -0.2) is 38.2 Å². The molecule has 0 spiro atoms. The molecule has 5 aliphatic carbocycles. The average Bonchev–Trinajstić information content (AvgIpc) is 3.61. The van der Waals surface area contributed by atoms with E-state index in [1.165, 1.54) is 0 Å². The van der Waals surface area contributed by atoms with Gasteiger partial charge in [-0.05, 0) is 87.5 Å². The lowest BCUT2D eigenvalue weighted by Crippen LogP contribution is -2.70. The van der Waals surface area contributed by atoms with Gasteiger partial charge in [-0.25, -0.2) is 14.4 Å². The predicted molar refractivity (Wildman–Crippen MR) is 169 cm³/mol. The van der Waals surface area contributed by atoms with Crippen LogP contribution in [0.25, 0.3) is 21.5 Å². The predicted octanol–water partition coefficient (Wildman–Crippen LogP) is 8.11. The smallest absolute Gasteiger partial charge is 0.233 e. The molecule has 3 heterocycles. The first kappa shape index (κ1) is 28.3. The minimum atomic E-state index is -1.12. The molecule has 9 heteroatoms. The molecular formula is C35H40FN5O2S. The third-order valence-electron chi connectivity index (χ3n) is 11.0. The summed E-state index contributed by atoms with van der Waals surface area (Å²) in [5.74, 6) is 2.52. The number of carbonyl (C=O) groups is 1. The summed E-state index contributed by atoms with van der Waals surface area (Å²) in [6.07, 6.45) is 9.37. The van der Waals surface area contributed by atoms with E-state index in [2.05, 4.69) is 54.1 Å². The number of amides is 1. The fourth-order valence-corrected chi connectivity index (χ4v) is 9.52. The Bertz CT molecular complexity index is 1750. The molecule has 44 heavy (non-hydrogen) atoms. The Balaban J connectivity index is 1.08. The van der Waals surface area contributed by atoms with Crippen LogP contribution in [0.5, 0.6) is 0 Å². The fraction of sp³-hybridized carbons (Fsp3) is 0.571. The molecular weight excluding hydrogens is 573 g/mol. The number of aryl methyl sites for hydroxylation is 1. The lowest BCUT2D eigenvalue weighted by Gasteiger charge is -2.65. The highest BCUT2D eigenvalue weighted by atomic mass is 32.1. The molecule has 4 bridgehead atoms. The minimum absolute atomic E-state index is 0.0454. The van der Waals surface area contributed by atoms with E-state index in [-0.39, 0.29) is 16.7 Å². The number of carbonyl (C=O) groups excluding carboxylic acids is 1. The lowest BCUT2D eigenvalue weighted by atomic mass is 9.42. The Kier molecular flexibility index (Phi) is 6.20. The molecule has 1 aromatic carbocycles. The molecule has 0 aliphatic heterocycles. The van der Waals surface area contributed by atoms with Gasteiger partial charge in [0.2, 0.25) is 11.8 Å². The second-order valence-electron chi connectivity index (χ2n) is 15.3. The maximum Gasteiger partial charge on any atom is 0.233 e. The van der Waals surface area contributed by atoms with Crippen LogP contribution in [0.2, 0.25) is 0 Å². The minimum Gasteiger partial charge on any atom is -0.339 e. The van der Waals surface area contributed by atoms with Crippen LogP contribution in [-0.2, 0) is 15.6 Å². The standard InChI is InChI=1S/C35H40FN5O2S/c1-21-38-28-27(44-21)14-25(16-37-28)22-7-5-9-26(13-22)41(31(42)34-18-35(36,19-34)20-34)17-24-10-12-33(11-6-8-23(24)15-33)29-39-30(43-40-29)32(2,3)4/h5,7,9,13-14,16,23-24H,6,8,10-12,15,17-20H2,1-4H3. The highest BCUT2D eigenvalue weighted by Gasteiger charge is 2.73. The number of nitrogens with zero attached hydrogens (tertiary/aromatic N) is 5. The van der Waals surface area contributed by atoms with Gasteiger partial charge in [-0.2, -0.15) is 4.98 Å². The van der Waals surface area contributed by atoms with Crippen LogP contribution >= 0.6 is 11.3 Å². The fourth-order valence-electron chi connectivity index (χ4n) is 8.69. The van der Waals surface area contributed by atoms with Crippen molar-refractivity contribution in [1.82, 2.24) is 20.1 Å². The number of rotatable bonds is 6. The number of halogens is 1. The number of benzene rings is 1. The van der Waals surface area contributed by atoms with E-state index in [1.807, 2.05) is 30.2 Å². The van der Waals surface area contributed by atoms with Gasteiger partial charge >= 0.3 is 0 Å². The molecule has 1 amide bonds. The summed E-state index contributed by atoms with van der Waals surface area (Å²) in [6, 6.07) is 10.4. The van der Waals surface area contributed by atoms with Gasteiger partial charge in [0.05, 0.1) is 15.1 Å². The molecule has 3 unspecified atom stereocenters. The maximum atomic E-state index is 14.7. The summed E-state index contributed by atoms with van der Waals surface area (Å²) in [5, 5.41) is 5.50. The third-order valence-corrected chi connectivity index (χ3v) is 11.9. The molecule has 4 aromatic rings. The van der Waals surface area contributed by atoms with Gasteiger partial charge in [-0.3, -0.25) is 4.79 Å². The van der Waals surface area contributed by atoms with Gasteiger partial charge < -0.3 is 9.42 Å². The number of hydrogen-bond acceptors (Lipinski definition) is 7. The summed E-state index contributed by atoms with van der Waals surface area (Å²) in [5.41, 5.74) is 1.81. The normalized spacial score (nSPS) is 30.9. The van der Waals surface area contributed by atoms with E-state index < -0.39 is 11.1 Å². The third kappa shape index (κ3) is 4.52. The molecule has 3 aromatic heterocycles. The Morgan fingerprint density at radius 2 is 1.93 bits per heavy atom. The first-order valence-electron chi connectivity index (χ1n) is 16.1. The Morgan fingerprint density at radius 3 is 2.68 bits per heavy atom. The van der Waals surface area contributed by atoms with Crippen molar-refractivity contribution in [2.45, 2.75) is 102 Å².